The molecule has 0 aliphatic carbocycles. The average Bonchev–Trinajstić information content (AvgIpc) is 3.43. The Morgan fingerprint density at radius 2 is 1.94 bits per heavy atom. The number of rotatable bonds is 1. The number of aryl methyl sites for hydroxylation is 1. The van der Waals surface area contributed by atoms with Crippen LogP contribution in [0.15, 0.2) is 36.4 Å². The zero-order valence-electron chi connectivity index (χ0n) is 16.7. The van der Waals surface area contributed by atoms with Gasteiger partial charge in [0.25, 0.3) is 0 Å². The van der Waals surface area contributed by atoms with Crippen LogP contribution in [0, 0.1) is 24.6 Å². The van der Waals surface area contributed by atoms with Crippen molar-refractivity contribution in [1.82, 2.24) is 4.90 Å². The van der Waals surface area contributed by atoms with Crippen molar-refractivity contribution in [3.05, 3.63) is 58.4 Å². The number of hydrogen-bond acceptors (Lipinski definition) is 4. The number of hydrogen-bond donors (Lipinski definition) is 1. The molecule has 2 aromatic carbocycles. The fourth-order valence-corrected chi connectivity index (χ4v) is 6.37. The number of carbonyl (C=O) groups is 3. The Kier molecular flexibility index (Phi) is 3.76. The van der Waals surface area contributed by atoms with Crippen LogP contribution in [0.3, 0.4) is 0 Å². The number of halogens is 2. The van der Waals surface area contributed by atoms with Crippen LogP contribution in [0.1, 0.15) is 24.0 Å². The van der Waals surface area contributed by atoms with Gasteiger partial charge in [-0.05, 0) is 50.6 Å². The summed E-state index contributed by atoms with van der Waals surface area (Å²) in [6.45, 7) is 2.60. The molecular formula is C23H19ClFN3O3. The van der Waals surface area contributed by atoms with Crippen molar-refractivity contribution in [3.8, 4) is 0 Å². The highest BCUT2D eigenvalue weighted by molar-refractivity contribution is 6.32. The standard InChI is InChI=1S/C23H19ClFN3O3/c1-11-4-7-16-13(9-11)23(22(31)26-16)19-18(17-3-2-8-27(17)23)20(29)28(21(19)30)12-5-6-15(25)14(24)10-12/h4-7,9-10,17-19H,2-3,8H2,1H3,(H,26,31)/t17-,18+,19-,23+/m0/s1. The summed E-state index contributed by atoms with van der Waals surface area (Å²) in [5.41, 5.74) is 1.45. The molecule has 3 saturated heterocycles. The Morgan fingerprint density at radius 3 is 2.71 bits per heavy atom. The number of nitrogens with one attached hydrogen (secondary N) is 1. The molecule has 0 aromatic heterocycles. The Morgan fingerprint density at radius 1 is 1.13 bits per heavy atom. The van der Waals surface area contributed by atoms with Crippen molar-refractivity contribution in [2.75, 3.05) is 16.8 Å². The van der Waals surface area contributed by atoms with E-state index in [1.54, 1.807) is 0 Å². The van der Waals surface area contributed by atoms with Crippen LogP contribution < -0.4 is 10.2 Å². The Balaban J connectivity index is 1.56. The molecule has 0 radical (unpaired) electrons. The van der Waals surface area contributed by atoms with Crippen molar-refractivity contribution in [3.63, 3.8) is 0 Å². The van der Waals surface area contributed by atoms with Gasteiger partial charge in [0, 0.05) is 17.3 Å². The van der Waals surface area contributed by atoms with Crippen LogP contribution in [-0.4, -0.2) is 35.2 Å². The van der Waals surface area contributed by atoms with E-state index in [0.29, 0.717) is 12.2 Å². The van der Waals surface area contributed by atoms with Crippen LogP contribution in [0.4, 0.5) is 15.8 Å². The minimum absolute atomic E-state index is 0.160. The van der Waals surface area contributed by atoms with E-state index in [1.165, 1.54) is 12.1 Å². The molecule has 6 nitrogen and oxygen atoms in total. The fourth-order valence-electron chi connectivity index (χ4n) is 6.20. The van der Waals surface area contributed by atoms with E-state index < -0.39 is 29.1 Å². The number of anilines is 2. The lowest BCUT2D eigenvalue weighted by molar-refractivity contribution is -0.135. The van der Waals surface area contributed by atoms with Gasteiger partial charge in [-0.25, -0.2) is 9.29 Å². The molecule has 2 aromatic rings. The van der Waals surface area contributed by atoms with E-state index >= 15 is 0 Å². The van der Waals surface area contributed by atoms with Gasteiger partial charge in [0.1, 0.15) is 11.4 Å². The summed E-state index contributed by atoms with van der Waals surface area (Å²) >= 11 is 5.93. The monoisotopic (exact) mass is 439 g/mol. The highest BCUT2D eigenvalue weighted by atomic mass is 35.5. The van der Waals surface area contributed by atoms with Gasteiger partial charge >= 0.3 is 0 Å². The predicted molar refractivity (Wildman–Crippen MR) is 112 cm³/mol. The highest BCUT2D eigenvalue weighted by Gasteiger charge is 2.74. The van der Waals surface area contributed by atoms with Gasteiger partial charge in [-0.2, -0.15) is 0 Å². The van der Waals surface area contributed by atoms with E-state index in [-0.39, 0.29) is 28.6 Å². The second kappa shape index (κ2) is 6.14. The van der Waals surface area contributed by atoms with Crippen LogP contribution in [0.5, 0.6) is 0 Å². The van der Waals surface area contributed by atoms with E-state index in [4.69, 9.17) is 11.6 Å². The molecule has 4 aliphatic rings. The first-order chi connectivity index (χ1) is 14.9. The lowest BCUT2D eigenvalue weighted by Crippen LogP contribution is -2.54. The molecule has 0 bridgehead atoms. The Bertz CT molecular complexity index is 1200. The molecule has 1 spiro atoms. The topological polar surface area (TPSA) is 69.7 Å². The van der Waals surface area contributed by atoms with Gasteiger partial charge in [-0.15, -0.1) is 0 Å². The first-order valence-corrected chi connectivity index (χ1v) is 10.8. The van der Waals surface area contributed by atoms with Gasteiger partial charge in [0.2, 0.25) is 17.7 Å². The number of imide groups is 1. The van der Waals surface area contributed by atoms with E-state index in [1.807, 2.05) is 25.1 Å². The number of nitrogens with zero attached hydrogens (tertiary/aromatic N) is 2. The number of fused-ring (bicyclic) bond motifs is 7. The van der Waals surface area contributed by atoms with Crippen molar-refractivity contribution in [2.24, 2.45) is 11.8 Å². The Labute approximate surface area is 183 Å². The summed E-state index contributed by atoms with van der Waals surface area (Å²) in [6.07, 6.45) is 1.60. The number of amides is 3. The van der Waals surface area contributed by atoms with E-state index in [9.17, 15) is 18.8 Å². The second-order valence-corrected chi connectivity index (χ2v) is 9.19. The summed E-state index contributed by atoms with van der Waals surface area (Å²) in [5.74, 6) is -3.12. The fraction of sp³-hybridized carbons (Fsp3) is 0.348. The second-order valence-electron chi connectivity index (χ2n) is 8.79. The first-order valence-electron chi connectivity index (χ1n) is 10.4. The molecule has 3 amide bonds. The third kappa shape index (κ3) is 2.18. The molecule has 3 fully saturated rings. The third-order valence-corrected chi connectivity index (χ3v) is 7.60. The minimum atomic E-state index is -1.21. The third-order valence-electron chi connectivity index (χ3n) is 7.31. The molecule has 158 valence electrons. The quantitative estimate of drug-likeness (QED) is 0.693. The minimum Gasteiger partial charge on any atom is -0.324 e. The summed E-state index contributed by atoms with van der Waals surface area (Å²) in [5, 5.41) is 2.80. The van der Waals surface area contributed by atoms with Crippen LogP contribution in [0.2, 0.25) is 5.02 Å². The lowest BCUT2D eigenvalue weighted by Gasteiger charge is -2.36. The molecule has 6 rings (SSSR count). The molecule has 0 unspecified atom stereocenters. The van der Waals surface area contributed by atoms with Crippen molar-refractivity contribution in [1.29, 1.82) is 0 Å². The van der Waals surface area contributed by atoms with Gasteiger partial charge in [0.15, 0.2) is 0 Å². The highest BCUT2D eigenvalue weighted by Crippen LogP contribution is 2.60. The zero-order valence-corrected chi connectivity index (χ0v) is 17.4. The molecule has 4 heterocycles. The molecular weight excluding hydrogens is 421 g/mol. The maximum Gasteiger partial charge on any atom is 0.250 e. The smallest absolute Gasteiger partial charge is 0.250 e. The zero-order chi connectivity index (χ0) is 21.7. The molecule has 0 saturated carbocycles. The van der Waals surface area contributed by atoms with Gasteiger partial charge < -0.3 is 5.32 Å². The molecule has 4 aliphatic heterocycles. The largest absolute Gasteiger partial charge is 0.324 e. The van der Waals surface area contributed by atoms with Crippen molar-refractivity contribution < 1.29 is 18.8 Å². The van der Waals surface area contributed by atoms with E-state index in [0.717, 1.165) is 34.9 Å². The van der Waals surface area contributed by atoms with Gasteiger partial charge in [-0.3, -0.25) is 19.3 Å². The maximum atomic E-state index is 13.8. The van der Waals surface area contributed by atoms with Crippen molar-refractivity contribution in [2.45, 2.75) is 31.3 Å². The summed E-state index contributed by atoms with van der Waals surface area (Å²) < 4.78 is 13.7. The van der Waals surface area contributed by atoms with Crippen LogP contribution >= 0.6 is 11.6 Å². The molecule has 4 atom stereocenters. The van der Waals surface area contributed by atoms with E-state index in [2.05, 4.69) is 10.2 Å². The van der Waals surface area contributed by atoms with Gasteiger partial charge in [-0.1, -0.05) is 29.3 Å². The number of benzene rings is 2. The molecule has 31 heavy (non-hydrogen) atoms. The van der Waals surface area contributed by atoms with Crippen molar-refractivity contribution >= 4 is 40.7 Å². The molecule has 8 heteroatoms. The summed E-state index contributed by atoms with van der Waals surface area (Å²) in [7, 11) is 0. The van der Waals surface area contributed by atoms with Gasteiger partial charge in [0.05, 0.1) is 22.5 Å². The summed E-state index contributed by atoms with van der Waals surface area (Å²) in [4.78, 5) is 44.1. The summed E-state index contributed by atoms with van der Waals surface area (Å²) in [6, 6.07) is 9.34. The predicted octanol–water partition coefficient (Wildman–Crippen LogP) is 3.22. The first kappa shape index (κ1) is 19.0. The van der Waals surface area contributed by atoms with Crippen LogP contribution in [0.25, 0.3) is 0 Å². The SMILES string of the molecule is Cc1ccc2c(c1)[C@]1(C(=O)N2)[C@@H]2C(=O)N(c3ccc(F)c(Cl)c3)C(=O)[C@@H]2[C@@H]2CCCN21. The Hall–Kier alpha value is -2.77. The number of carbonyl (C=O) groups excluding carboxylic acids is 3. The normalized spacial score (nSPS) is 31.4. The maximum absolute atomic E-state index is 13.8. The lowest BCUT2D eigenvalue weighted by atomic mass is 9.75. The average molecular weight is 440 g/mol. The van der Waals surface area contributed by atoms with Crippen LogP contribution in [-0.2, 0) is 19.9 Å². The molecule has 1 N–H and O–H groups in total.